The maximum atomic E-state index is 6.18. The zero-order valence-corrected chi connectivity index (χ0v) is 12.4. The van der Waals surface area contributed by atoms with Gasteiger partial charge in [0.2, 0.25) is 0 Å². The highest BCUT2D eigenvalue weighted by Crippen LogP contribution is 2.24. The zero-order chi connectivity index (χ0) is 13.8. The van der Waals surface area contributed by atoms with Crippen LogP contribution in [0.2, 0.25) is 0 Å². The Labute approximate surface area is 112 Å². The topological polar surface area (TPSA) is 35.2 Å². The molecule has 1 unspecified atom stereocenters. The van der Waals surface area contributed by atoms with Crippen molar-refractivity contribution in [2.75, 3.05) is 7.11 Å². The monoisotopic (exact) mass is 249 g/mol. The van der Waals surface area contributed by atoms with E-state index in [-0.39, 0.29) is 11.5 Å². The number of ether oxygens (including phenoxy) is 1. The molecule has 1 aromatic rings. The van der Waals surface area contributed by atoms with Gasteiger partial charge in [-0.25, -0.2) is 0 Å². The normalized spacial score (nSPS) is 13.4. The molecule has 0 fully saturated rings. The van der Waals surface area contributed by atoms with Gasteiger partial charge >= 0.3 is 0 Å². The quantitative estimate of drug-likeness (QED) is 0.863. The summed E-state index contributed by atoms with van der Waals surface area (Å²) in [5, 5.41) is 0. The second-order valence-electron chi connectivity index (χ2n) is 6.18. The molecule has 18 heavy (non-hydrogen) atoms. The lowest BCUT2D eigenvalue weighted by molar-refractivity contribution is 0.301. The van der Waals surface area contributed by atoms with Crippen LogP contribution in [-0.4, -0.2) is 13.2 Å². The van der Waals surface area contributed by atoms with Crippen LogP contribution in [-0.2, 0) is 6.42 Å². The summed E-state index contributed by atoms with van der Waals surface area (Å²) >= 11 is 0. The Hall–Kier alpha value is -1.02. The summed E-state index contributed by atoms with van der Waals surface area (Å²) in [7, 11) is 1.73. The lowest BCUT2D eigenvalue weighted by atomic mass is 9.84. The van der Waals surface area contributed by atoms with Gasteiger partial charge in [-0.15, -0.1) is 0 Å². The summed E-state index contributed by atoms with van der Waals surface area (Å²) in [5.74, 6) is 0.991. The van der Waals surface area contributed by atoms with Gasteiger partial charge < -0.3 is 10.5 Å². The Kier molecular flexibility index (Phi) is 5.21. The molecule has 0 aliphatic heterocycles. The molecular weight excluding hydrogens is 222 g/mol. The fourth-order valence-electron chi connectivity index (χ4n) is 2.05. The third kappa shape index (κ3) is 4.34. The molecule has 102 valence electrons. The first-order valence-corrected chi connectivity index (χ1v) is 6.73. The van der Waals surface area contributed by atoms with Crippen LogP contribution >= 0.6 is 0 Å². The van der Waals surface area contributed by atoms with Crippen LogP contribution in [0.1, 0.15) is 44.7 Å². The highest BCUT2D eigenvalue weighted by molar-refractivity contribution is 5.36. The molecule has 1 rings (SSSR count). The third-order valence-electron chi connectivity index (χ3n) is 3.51. The van der Waals surface area contributed by atoms with E-state index in [9.17, 15) is 0 Å². The van der Waals surface area contributed by atoms with Crippen LogP contribution < -0.4 is 10.5 Å². The fourth-order valence-corrected chi connectivity index (χ4v) is 2.05. The summed E-state index contributed by atoms with van der Waals surface area (Å²) < 4.78 is 5.39. The van der Waals surface area contributed by atoms with Crippen molar-refractivity contribution >= 4 is 0 Å². The van der Waals surface area contributed by atoms with Crippen molar-refractivity contribution in [2.24, 2.45) is 11.1 Å². The molecule has 1 atom stereocenters. The molecule has 1 aromatic carbocycles. The van der Waals surface area contributed by atoms with Gasteiger partial charge in [-0.2, -0.15) is 0 Å². The summed E-state index contributed by atoms with van der Waals surface area (Å²) in [6.07, 6.45) is 3.20. The van der Waals surface area contributed by atoms with Crippen molar-refractivity contribution in [2.45, 2.75) is 53.0 Å². The van der Waals surface area contributed by atoms with Gasteiger partial charge in [-0.3, -0.25) is 0 Å². The van der Waals surface area contributed by atoms with E-state index in [0.717, 1.165) is 25.0 Å². The van der Waals surface area contributed by atoms with Crippen molar-refractivity contribution in [3.63, 3.8) is 0 Å². The second kappa shape index (κ2) is 6.24. The minimum Gasteiger partial charge on any atom is -0.496 e. The fraction of sp³-hybridized carbons (Fsp3) is 0.625. The molecule has 0 spiro atoms. The van der Waals surface area contributed by atoms with E-state index in [1.165, 1.54) is 11.1 Å². The molecule has 0 aromatic heterocycles. The zero-order valence-electron chi connectivity index (χ0n) is 12.4. The van der Waals surface area contributed by atoms with Gasteiger partial charge in [0, 0.05) is 6.04 Å². The molecule has 0 saturated carbocycles. The maximum Gasteiger partial charge on any atom is 0.122 e. The standard InChI is InChI=1S/C16H27NO/c1-12-9-10-14(18-5)13(11-12)7-6-8-15(17)16(2,3)4/h9-11,15H,6-8,17H2,1-5H3. The Morgan fingerprint density at radius 2 is 1.94 bits per heavy atom. The minimum atomic E-state index is 0.191. The predicted molar refractivity (Wildman–Crippen MR) is 78.1 cm³/mol. The molecule has 0 aliphatic rings. The Morgan fingerprint density at radius 3 is 2.50 bits per heavy atom. The number of nitrogens with two attached hydrogens (primary N) is 1. The number of benzene rings is 1. The molecule has 2 heteroatoms. The van der Waals surface area contributed by atoms with Crippen LogP contribution in [0.4, 0.5) is 0 Å². The van der Waals surface area contributed by atoms with Crippen LogP contribution in [0.25, 0.3) is 0 Å². The van der Waals surface area contributed by atoms with Gasteiger partial charge in [-0.1, -0.05) is 38.5 Å². The molecule has 0 amide bonds. The molecule has 2 nitrogen and oxygen atoms in total. The number of rotatable bonds is 5. The highest BCUT2D eigenvalue weighted by Gasteiger charge is 2.19. The van der Waals surface area contributed by atoms with Crippen LogP contribution in [0.5, 0.6) is 5.75 Å². The molecule has 0 radical (unpaired) electrons. The molecule has 0 heterocycles. The van der Waals surface area contributed by atoms with E-state index in [1.807, 2.05) is 6.07 Å². The van der Waals surface area contributed by atoms with Crippen LogP contribution in [0.3, 0.4) is 0 Å². The molecule has 0 saturated heterocycles. The Bertz CT molecular complexity index is 379. The second-order valence-corrected chi connectivity index (χ2v) is 6.18. The van der Waals surface area contributed by atoms with Crippen molar-refractivity contribution in [3.8, 4) is 5.75 Å². The van der Waals surface area contributed by atoms with Gasteiger partial charge in [0.05, 0.1) is 7.11 Å². The number of methoxy groups -OCH3 is 1. The van der Waals surface area contributed by atoms with Gasteiger partial charge in [0.15, 0.2) is 0 Å². The van der Waals surface area contributed by atoms with Crippen LogP contribution in [0.15, 0.2) is 18.2 Å². The van der Waals surface area contributed by atoms with Crippen molar-refractivity contribution < 1.29 is 4.74 Å². The summed E-state index contributed by atoms with van der Waals surface area (Å²) in [6, 6.07) is 6.60. The van der Waals surface area contributed by atoms with Crippen molar-refractivity contribution in [1.29, 1.82) is 0 Å². The molecule has 0 aliphatic carbocycles. The van der Waals surface area contributed by atoms with Crippen molar-refractivity contribution in [1.82, 2.24) is 0 Å². The highest BCUT2D eigenvalue weighted by atomic mass is 16.5. The van der Waals surface area contributed by atoms with E-state index in [4.69, 9.17) is 10.5 Å². The summed E-state index contributed by atoms with van der Waals surface area (Å²) in [6.45, 7) is 8.71. The van der Waals surface area contributed by atoms with E-state index < -0.39 is 0 Å². The maximum absolute atomic E-state index is 6.18. The minimum absolute atomic E-state index is 0.191. The summed E-state index contributed by atoms with van der Waals surface area (Å²) in [5.41, 5.74) is 8.95. The SMILES string of the molecule is COc1ccc(C)cc1CCCC(N)C(C)(C)C. The molecule has 0 bridgehead atoms. The van der Waals surface area contributed by atoms with Gasteiger partial charge in [0.1, 0.15) is 5.75 Å². The number of hydrogen-bond donors (Lipinski definition) is 1. The molecular formula is C16H27NO. The third-order valence-corrected chi connectivity index (χ3v) is 3.51. The average Bonchev–Trinajstić information content (AvgIpc) is 2.28. The number of hydrogen-bond acceptors (Lipinski definition) is 2. The summed E-state index contributed by atoms with van der Waals surface area (Å²) in [4.78, 5) is 0. The first-order valence-electron chi connectivity index (χ1n) is 6.73. The first-order chi connectivity index (χ1) is 8.34. The Morgan fingerprint density at radius 1 is 1.28 bits per heavy atom. The van der Waals surface area contributed by atoms with Crippen molar-refractivity contribution in [3.05, 3.63) is 29.3 Å². The van der Waals surface area contributed by atoms with Gasteiger partial charge in [-0.05, 0) is 43.2 Å². The lowest BCUT2D eigenvalue weighted by Gasteiger charge is -2.27. The van der Waals surface area contributed by atoms with E-state index in [0.29, 0.717) is 0 Å². The van der Waals surface area contributed by atoms with Gasteiger partial charge in [0.25, 0.3) is 0 Å². The number of aryl methyl sites for hydroxylation is 2. The van der Waals surface area contributed by atoms with E-state index >= 15 is 0 Å². The Balaban J connectivity index is 2.56. The average molecular weight is 249 g/mol. The smallest absolute Gasteiger partial charge is 0.122 e. The largest absolute Gasteiger partial charge is 0.496 e. The molecule has 2 N–H and O–H groups in total. The lowest BCUT2D eigenvalue weighted by Crippen LogP contribution is -2.34. The van der Waals surface area contributed by atoms with E-state index in [2.05, 4.69) is 39.8 Å². The van der Waals surface area contributed by atoms with Crippen LogP contribution in [0, 0.1) is 12.3 Å². The van der Waals surface area contributed by atoms with E-state index in [1.54, 1.807) is 7.11 Å². The predicted octanol–water partition coefficient (Wildman–Crippen LogP) is 3.70. The first kappa shape index (κ1) is 15.0.